The van der Waals surface area contributed by atoms with Gasteiger partial charge in [-0.25, -0.2) is 9.18 Å². The molecule has 0 aliphatic heterocycles. The zero-order valence-corrected chi connectivity index (χ0v) is 15.1. The first-order valence-corrected chi connectivity index (χ1v) is 8.48. The van der Waals surface area contributed by atoms with E-state index in [-0.39, 0.29) is 18.8 Å². The van der Waals surface area contributed by atoms with Gasteiger partial charge in [-0.3, -0.25) is 9.69 Å². The van der Waals surface area contributed by atoms with Gasteiger partial charge in [-0.2, -0.15) is 8.78 Å². The predicted molar refractivity (Wildman–Crippen MR) is 92.4 cm³/mol. The van der Waals surface area contributed by atoms with Crippen molar-refractivity contribution >= 4 is 29.2 Å². The minimum atomic E-state index is -3.24. The number of carbonyl (C=O) groups is 2. The van der Waals surface area contributed by atoms with Crippen molar-refractivity contribution < 1.29 is 32.6 Å². The van der Waals surface area contributed by atoms with E-state index in [1.807, 2.05) is 12.8 Å². The molecule has 0 heterocycles. The second kappa shape index (κ2) is 8.09. The van der Waals surface area contributed by atoms with Gasteiger partial charge in [0.05, 0.1) is 10.7 Å². The van der Waals surface area contributed by atoms with Crippen molar-refractivity contribution in [2.45, 2.75) is 44.8 Å². The Hall–Kier alpha value is -2.40. The number of terminal acetylenes is 1. The number of aliphatic carboxylic acids is 1. The van der Waals surface area contributed by atoms with Gasteiger partial charge < -0.3 is 9.84 Å². The Kier molecular flexibility index (Phi) is 6.26. The fourth-order valence-electron chi connectivity index (χ4n) is 3.49. The molecule has 5 nitrogen and oxygen atoms in total. The molecule has 1 N–H and O–H groups in total. The van der Waals surface area contributed by atoms with Crippen LogP contribution >= 0.6 is 11.6 Å². The molecule has 1 amide bonds. The average molecular weight is 404 g/mol. The van der Waals surface area contributed by atoms with E-state index >= 15 is 0 Å². The van der Waals surface area contributed by atoms with Gasteiger partial charge in [0.1, 0.15) is 11.3 Å². The van der Waals surface area contributed by atoms with E-state index in [1.165, 1.54) is 0 Å². The van der Waals surface area contributed by atoms with Crippen LogP contribution in [-0.2, 0) is 9.59 Å². The van der Waals surface area contributed by atoms with E-state index < -0.39 is 46.3 Å². The van der Waals surface area contributed by atoms with Gasteiger partial charge in [0.25, 0.3) is 0 Å². The molecule has 0 saturated heterocycles. The van der Waals surface area contributed by atoms with Crippen LogP contribution in [0.25, 0.3) is 0 Å². The van der Waals surface area contributed by atoms with Crippen LogP contribution in [0.1, 0.15) is 32.6 Å². The number of halogens is 4. The maximum Gasteiger partial charge on any atom is 0.387 e. The lowest BCUT2D eigenvalue weighted by atomic mass is 9.75. The number of hydrogen-bond acceptors (Lipinski definition) is 3. The number of benzene rings is 1. The van der Waals surface area contributed by atoms with Crippen LogP contribution in [0.15, 0.2) is 12.1 Å². The van der Waals surface area contributed by atoms with Crippen LogP contribution in [0.3, 0.4) is 0 Å². The van der Waals surface area contributed by atoms with Crippen LogP contribution in [-0.4, -0.2) is 29.1 Å². The summed E-state index contributed by atoms with van der Waals surface area (Å²) in [6.07, 6.45) is 6.54. The molecule has 0 bridgehead atoms. The lowest BCUT2D eigenvalue weighted by Crippen LogP contribution is -2.59. The molecule has 0 spiro atoms. The summed E-state index contributed by atoms with van der Waals surface area (Å²) in [5.74, 6) is -2.43. The van der Waals surface area contributed by atoms with Crippen LogP contribution in [0, 0.1) is 24.1 Å². The second-order valence-corrected chi connectivity index (χ2v) is 6.84. The molecule has 1 aromatic rings. The fraction of sp³-hybridized carbons (Fsp3) is 0.444. The first-order chi connectivity index (χ1) is 12.6. The van der Waals surface area contributed by atoms with E-state index in [0.29, 0.717) is 17.4 Å². The molecule has 2 rings (SSSR count). The van der Waals surface area contributed by atoms with E-state index in [2.05, 4.69) is 4.74 Å². The number of nitrogens with zero attached hydrogens (tertiary/aromatic N) is 1. The first kappa shape index (κ1) is 20.9. The minimum absolute atomic E-state index is 0.0529. The molecule has 2 atom stereocenters. The van der Waals surface area contributed by atoms with Crippen LogP contribution < -0.4 is 9.64 Å². The van der Waals surface area contributed by atoms with E-state index in [0.717, 1.165) is 12.5 Å². The summed E-state index contributed by atoms with van der Waals surface area (Å²) in [7, 11) is 0. The van der Waals surface area contributed by atoms with Gasteiger partial charge in [-0.05, 0) is 30.7 Å². The van der Waals surface area contributed by atoms with Gasteiger partial charge in [0, 0.05) is 6.07 Å². The van der Waals surface area contributed by atoms with Gasteiger partial charge in [0.2, 0.25) is 0 Å². The van der Waals surface area contributed by atoms with Gasteiger partial charge in [-0.1, -0.05) is 31.4 Å². The molecule has 0 aromatic heterocycles. The number of alkyl halides is 2. The minimum Gasteiger partial charge on any atom is -0.479 e. The smallest absolute Gasteiger partial charge is 0.387 e. The van der Waals surface area contributed by atoms with E-state index in [1.54, 1.807) is 0 Å². The van der Waals surface area contributed by atoms with Crippen molar-refractivity contribution in [3.8, 4) is 18.1 Å². The van der Waals surface area contributed by atoms with E-state index in [9.17, 15) is 27.9 Å². The summed E-state index contributed by atoms with van der Waals surface area (Å²) in [5.41, 5.74) is -2.27. The van der Waals surface area contributed by atoms with Crippen molar-refractivity contribution in [2.24, 2.45) is 5.92 Å². The number of rotatable bonds is 5. The summed E-state index contributed by atoms with van der Waals surface area (Å²) in [6, 6.07) is 1.44. The van der Waals surface area contributed by atoms with Crippen molar-refractivity contribution in [2.75, 3.05) is 4.90 Å². The van der Waals surface area contributed by atoms with Crippen LogP contribution in [0.5, 0.6) is 5.75 Å². The van der Waals surface area contributed by atoms with Gasteiger partial charge in [0.15, 0.2) is 5.82 Å². The Bertz CT molecular complexity index is 796. The topological polar surface area (TPSA) is 66.8 Å². The molecular formula is C18H17ClF3NO4. The molecule has 146 valence electrons. The molecular weight excluding hydrogens is 387 g/mol. The maximum absolute atomic E-state index is 14.7. The van der Waals surface area contributed by atoms with Gasteiger partial charge in [-0.15, -0.1) is 6.42 Å². The van der Waals surface area contributed by atoms with Crippen LogP contribution in [0.2, 0.25) is 5.02 Å². The Labute approximate surface area is 159 Å². The number of carbonyl (C=O) groups excluding carboxylic acids is 1. The Balaban J connectivity index is 2.64. The zero-order valence-electron chi connectivity index (χ0n) is 14.3. The van der Waals surface area contributed by atoms with Crippen molar-refractivity contribution in [3.05, 3.63) is 23.0 Å². The summed E-state index contributed by atoms with van der Waals surface area (Å²) < 4.78 is 43.6. The van der Waals surface area contributed by atoms with Crippen molar-refractivity contribution in [3.63, 3.8) is 0 Å². The number of hydrogen-bond donors (Lipinski definition) is 1. The summed E-state index contributed by atoms with van der Waals surface area (Å²) in [4.78, 5) is 25.2. The third-order valence-corrected chi connectivity index (χ3v) is 4.88. The highest BCUT2D eigenvalue weighted by molar-refractivity contribution is 6.32. The average Bonchev–Trinajstić information content (AvgIpc) is 2.58. The van der Waals surface area contributed by atoms with Crippen LogP contribution in [0.4, 0.5) is 18.9 Å². The maximum atomic E-state index is 14.7. The fourth-order valence-corrected chi connectivity index (χ4v) is 3.69. The van der Waals surface area contributed by atoms with E-state index in [4.69, 9.17) is 18.0 Å². The monoisotopic (exact) mass is 403 g/mol. The lowest BCUT2D eigenvalue weighted by Gasteiger charge is -2.44. The highest BCUT2D eigenvalue weighted by atomic mass is 35.5. The van der Waals surface area contributed by atoms with Crippen molar-refractivity contribution in [1.29, 1.82) is 0 Å². The largest absolute Gasteiger partial charge is 0.479 e. The molecule has 1 fully saturated rings. The Morgan fingerprint density at radius 2 is 2.15 bits per heavy atom. The molecule has 0 radical (unpaired) electrons. The van der Waals surface area contributed by atoms with Crippen molar-refractivity contribution in [1.82, 2.24) is 0 Å². The molecule has 27 heavy (non-hydrogen) atoms. The standard InChI is InChI=1S/C18H17ClF3NO4/c1-3-15(24)23(18(16(25)26)6-4-5-10(2)9-18)13-7-11(19)14(8-12(13)20)27-17(21)22/h1,7-8,10,17H,4-6,9H2,2H3,(H,25,26). The number of carboxylic acid groups (broad SMARTS) is 1. The third kappa shape index (κ3) is 4.14. The third-order valence-electron chi connectivity index (χ3n) is 4.58. The highest BCUT2D eigenvalue weighted by Gasteiger charge is 2.50. The molecule has 1 aliphatic rings. The molecule has 1 aromatic carbocycles. The second-order valence-electron chi connectivity index (χ2n) is 6.44. The SMILES string of the molecule is C#CC(=O)N(c1cc(Cl)c(OC(F)F)cc1F)C1(C(=O)O)CCCC(C)C1. The normalized spacial score (nSPS) is 22.2. The quantitative estimate of drug-likeness (QED) is 0.752. The summed E-state index contributed by atoms with van der Waals surface area (Å²) in [5, 5.41) is 9.46. The number of ether oxygens (including phenoxy) is 1. The highest BCUT2D eigenvalue weighted by Crippen LogP contribution is 2.42. The van der Waals surface area contributed by atoms with Gasteiger partial charge >= 0.3 is 18.5 Å². The molecule has 2 unspecified atom stereocenters. The predicted octanol–water partition coefficient (Wildman–Crippen LogP) is 4.08. The zero-order chi connectivity index (χ0) is 20.4. The number of amides is 1. The number of carboxylic acids is 1. The molecule has 9 heteroatoms. The lowest BCUT2D eigenvalue weighted by molar-refractivity contribution is -0.146. The Morgan fingerprint density at radius 1 is 1.48 bits per heavy atom. The first-order valence-electron chi connectivity index (χ1n) is 8.10. The molecule has 1 saturated carbocycles. The summed E-state index contributed by atoms with van der Waals surface area (Å²) >= 11 is 5.87. The summed E-state index contributed by atoms with van der Waals surface area (Å²) in [6.45, 7) is -1.42. The number of anilines is 1. The Morgan fingerprint density at radius 3 is 2.67 bits per heavy atom. The molecule has 1 aliphatic carbocycles.